The van der Waals surface area contributed by atoms with Gasteiger partial charge >= 0.3 is 9.95 Å². The van der Waals surface area contributed by atoms with Crippen LogP contribution < -0.4 is 15.4 Å². The Morgan fingerprint density at radius 2 is 1.83 bits per heavy atom. The van der Waals surface area contributed by atoms with E-state index in [2.05, 4.69) is 10.6 Å². The zero-order chi connectivity index (χ0) is 25.6. The van der Waals surface area contributed by atoms with Crippen LogP contribution in [0, 0.1) is 0 Å². The number of benzene rings is 1. The lowest BCUT2D eigenvalue weighted by molar-refractivity contribution is -0.195. The third kappa shape index (κ3) is 11.0. The fourth-order valence-electron chi connectivity index (χ4n) is 3.15. The van der Waals surface area contributed by atoms with E-state index in [1.807, 2.05) is 7.05 Å². The molecule has 1 amide bonds. The predicted molar refractivity (Wildman–Crippen MR) is 131 cm³/mol. The summed E-state index contributed by atoms with van der Waals surface area (Å²) in [4.78, 5) is 35.3. The zero-order valence-corrected chi connectivity index (χ0v) is 21.5. The van der Waals surface area contributed by atoms with Gasteiger partial charge < -0.3 is 44.5 Å². The Bertz CT molecular complexity index is 840. The van der Waals surface area contributed by atoms with Gasteiger partial charge in [-0.3, -0.25) is 4.79 Å². The van der Waals surface area contributed by atoms with Crippen molar-refractivity contribution in [3.05, 3.63) is 29.3 Å². The van der Waals surface area contributed by atoms with E-state index in [9.17, 15) is 24.6 Å². The number of hydrogen-bond donors (Lipinski definition) is 4. The standard InChI is InChI=1S/C22H31IN2O10/c1-24-4-6-31-8-9-32-7-5-25-20(27)16-10-14(13-33-22(23)30)2-3-17(16)34-19-12-15(26)11-18(35-19)21(28)29/h2-3,10,15,18-19,24,26H,4-9,11-13H2,1H3,(H,25,27)(H,28,29). The van der Waals surface area contributed by atoms with Gasteiger partial charge in [0, 0.05) is 25.9 Å². The molecule has 0 saturated carbocycles. The van der Waals surface area contributed by atoms with Crippen molar-refractivity contribution in [2.24, 2.45) is 0 Å². The number of aliphatic carboxylic acids is 1. The molecule has 3 unspecified atom stereocenters. The van der Waals surface area contributed by atoms with E-state index < -0.39 is 34.4 Å². The van der Waals surface area contributed by atoms with Crippen molar-refractivity contribution in [3.63, 3.8) is 0 Å². The molecule has 1 aromatic rings. The predicted octanol–water partition coefficient (Wildman–Crippen LogP) is 1.07. The number of aliphatic hydroxyl groups is 1. The fourth-order valence-corrected chi connectivity index (χ4v) is 3.31. The molecule has 1 aromatic carbocycles. The van der Waals surface area contributed by atoms with Crippen LogP contribution in [0.15, 0.2) is 18.2 Å². The fraction of sp³-hybridized carbons (Fsp3) is 0.591. The van der Waals surface area contributed by atoms with Crippen LogP contribution in [0.1, 0.15) is 28.8 Å². The van der Waals surface area contributed by atoms with Gasteiger partial charge in [-0.15, -0.1) is 0 Å². The van der Waals surface area contributed by atoms with Gasteiger partial charge in [0.15, 0.2) is 6.10 Å². The second kappa shape index (κ2) is 15.9. The summed E-state index contributed by atoms with van der Waals surface area (Å²) in [7, 11) is 1.84. The number of ether oxygens (including phenoxy) is 5. The SMILES string of the molecule is CNCCOCCOCCNC(=O)c1cc(COC(=O)I)ccc1OC1CC(O)CC(C(=O)O)O1. The van der Waals surface area contributed by atoms with Gasteiger partial charge in [0.1, 0.15) is 12.4 Å². The monoisotopic (exact) mass is 610 g/mol. The van der Waals surface area contributed by atoms with Crippen LogP contribution in [0.5, 0.6) is 5.75 Å². The molecule has 1 saturated heterocycles. The van der Waals surface area contributed by atoms with E-state index in [1.165, 1.54) is 34.7 Å². The summed E-state index contributed by atoms with van der Waals surface area (Å²) in [6.45, 7) is 2.60. The lowest BCUT2D eigenvalue weighted by Crippen LogP contribution is -2.42. The number of carboxylic acid groups (broad SMARTS) is 1. The van der Waals surface area contributed by atoms with Crippen LogP contribution in [0.25, 0.3) is 0 Å². The smallest absolute Gasteiger partial charge is 0.367 e. The number of halogens is 1. The Morgan fingerprint density at radius 1 is 1.11 bits per heavy atom. The Hall–Kier alpha value is -2.04. The van der Waals surface area contributed by atoms with Gasteiger partial charge in [-0.1, -0.05) is 6.07 Å². The summed E-state index contributed by atoms with van der Waals surface area (Å²) in [5.74, 6) is -1.55. The first-order valence-corrected chi connectivity index (χ1v) is 12.1. The molecule has 0 spiro atoms. The summed E-state index contributed by atoms with van der Waals surface area (Å²) in [5.41, 5.74) is 0.688. The largest absolute Gasteiger partial charge is 0.479 e. The molecule has 1 aliphatic heterocycles. The molecular formula is C22H31IN2O10. The molecule has 0 aromatic heterocycles. The molecule has 0 aliphatic carbocycles. The first-order chi connectivity index (χ1) is 16.8. The van der Waals surface area contributed by atoms with Gasteiger partial charge in [-0.2, -0.15) is 0 Å². The van der Waals surface area contributed by atoms with Crippen LogP contribution in [0.2, 0.25) is 0 Å². The molecule has 0 bridgehead atoms. The maximum atomic E-state index is 12.9. The highest BCUT2D eigenvalue weighted by atomic mass is 127. The highest BCUT2D eigenvalue weighted by molar-refractivity contribution is 14.1. The molecule has 3 atom stereocenters. The summed E-state index contributed by atoms with van der Waals surface area (Å²) in [5, 5.41) is 24.9. The minimum atomic E-state index is -1.22. The third-order valence-corrected chi connectivity index (χ3v) is 5.15. The lowest BCUT2D eigenvalue weighted by Gasteiger charge is -2.31. The Balaban J connectivity index is 1.98. The van der Waals surface area contributed by atoms with E-state index >= 15 is 0 Å². The van der Waals surface area contributed by atoms with Crippen LogP contribution >= 0.6 is 22.6 Å². The molecule has 2 rings (SSSR count). The molecule has 1 heterocycles. The molecule has 1 aliphatic rings. The topological polar surface area (TPSA) is 162 Å². The first kappa shape index (κ1) is 29.2. The van der Waals surface area contributed by atoms with Gasteiger partial charge in [0.05, 0.1) is 60.7 Å². The van der Waals surface area contributed by atoms with Crippen molar-refractivity contribution in [1.29, 1.82) is 0 Å². The van der Waals surface area contributed by atoms with Crippen molar-refractivity contribution in [3.8, 4) is 5.75 Å². The number of carbonyl (C=O) groups is 3. The highest BCUT2D eigenvalue weighted by Gasteiger charge is 2.34. The summed E-state index contributed by atoms with van der Waals surface area (Å²) in [6.07, 6.45) is -3.21. The quantitative estimate of drug-likeness (QED) is 0.128. The number of hydrogen-bond acceptors (Lipinski definition) is 10. The number of carbonyl (C=O) groups excluding carboxylic acids is 2. The van der Waals surface area contributed by atoms with E-state index in [4.69, 9.17) is 23.7 Å². The number of rotatable bonds is 15. The molecule has 35 heavy (non-hydrogen) atoms. The number of nitrogens with one attached hydrogen (secondary N) is 2. The summed E-state index contributed by atoms with van der Waals surface area (Å²) in [6, 6.07) is 4.62. The van der Waals surface area contributed by atoms with Crippen LogP contribution in [0.3, 0.4) is 0 Å². The van der Waals surface area contributed by atoms with Crippen molar-refractivity contribution in [2.75, 3.05) is 46.6 Å². The average molecular weight is 610 g/mol. The van der Waals surface area contributed by atoms with Gasteiger partial charge in [-0.25, -0.2) is 9.59 Å². The Morgan fingerprint density at radius 3 is 2.49 bits per heavy atom. The van der Waals surface area contributed by atoms with E-state index in [1.54, 1.807) is 6.07 Å². The lowest BCUT2D eigenvalue weighted by atomic mass is 10.0. The number of aliphatic hydroxyl groups excluding tert-OH is 1. The molecule has 0 radical (unpaired) electrons. The second-order valence-corrected chi connectivity index (χ2v) is 8.46. The minimum Gasteiger partial charge on any atom is -0.479 e. The van der Waals surface area contributed by atoms with Gasteiger partial charge in [0.2, 0.25) is 6.29 Å². The van der Waals surface area contributed by atoms with Crippen molar-refractivity contribution < 1.29 is 48.3 Å². The van der Waals surface area contributed by atoms with Crippen molar-refractivity contribution in [2.45, 2.75) is 37.9 Å². The Kier molecular flexibility index (Phi) is 13.2. The van der Waals surface area contributed by atoms with Crippen molar-refractivity contribution in [1.82, 2.24) is 10.6 Å². The molecule has 1 fully saturated rings. The number of carboxylic acids is 1. The molecule has 13 heteroatoms. The third-order valence-electron chi connectivity index (χ3n) is 4.84. The number of likely N-dealkylation sites (N-methyl/N-ethyl adjacent to an activating group) is 1. The van der Waals surface area contributed by atoms with Crippen LogP contribution in [0.4, 0.5) is 4.79 Å². The molecule has 12 nitrogen and oxygen atoms in total. The van der Waals surface area contributed by atoms with Crippen LogP contribution in [-0.2, 0) is 30.3 Å². The zero-order valence-electron chi connectivity index (χ0n) is 19.4. The summed E-state index contributed by atoms with van der Waals surface area (Å²) >= 11 is 1.50. The maximum absolute atomic E-state index is 12.9. The van der Waals surface area contributed by atoms with E-state index in [-0.39, 0.29) is 43.9 Å². The number of amides is 1. The molecule has 196 valence electrons. The second-order valence-electron chi connectivity index (χ2n) is 7.58. The minimum absolute atomic E-state index is 0.0429. The van der Waals surface area contributed by atoms with Gasteiger partial charge in [0.25, 0.3) is 5.91 Å². The average Bonchev–Trinajstić information content (AvgIpc) is 2.81. The normalized spacial score (nSPS) is 19.7. The maximum Gasteiger partial charge on any atom is 0.367 e. The van der Waals surface area contributed by atoms with E-state index in [0.717, 1.165) is 6.54 Å². The Labute approximate surface area is 216 Å². The van der Waals surface area contributed by atoms with Crippen LogP contribution in [-0.4, -0.2) is 91.1 Å². The molecule has 4 N–H and O–H groups in total. The molecular weight excluding hydrogens is 579 g/mol. The van der Waals surface area contributed by atoms with Crippen molar-refractivity contribution >= 4 is 38.4 Å². The van der Waals surface area contributed by atoms with E-state index in [0.29, 0.717) is 25.4 Å². The highest BCUT2D eigenvalue weighted by Crippen LogP contribution is 2.27. The van der Waals surface area contributed by atoms with Gasteiger partial charge in [-0.05, 0) is 24.7 Å². The first-order valence-electron chi connectivity index (χ1n) is 11.1. The summed E-state index contributed by atoms with van der Waals surface area (Å²) < 4.78 is 26.4.